The van der Waals surface area contributed by atoms with Gasteiger partial charge in [0.25, 0.3) is 0 Å². The second-order valence-corrected chi connectivity index (χ2v) is 5.20. The molecule has 1 aromatic rings. The molecule has 6 nitrogen and oxygen atoms in total. The lowest BCUT2D eigenvalue weighted by Crippen LogP contribution is -2.34. The van der Waals surface area contributed by atoms with Crippen LogP contribution in [0, 0.1) is 13.8 Å². The number of hydrogen-bond acceptors (Lipinski definition) is 4. The molecule has 0 aliphatic rings. The molecule has 1 aromatic heterocycles. The molecule has 1 atom stereocenters. The highest BCUT2D eigenvalue weighted by molar-refractivity contribution is 7.16. The number of thiophene rings is 1. The number of hydrogen-bond donors (Lipinski definition) is 4. The molecule has 0 spiro atoms. The maximum absolute atomic E-state index is 11.5. The molecule has 0 aliphatic carbocycles. The van der Waals surface area contributed by atoms with Gasteiger partial charge in [-0.1, -0.05) is 0 Å². The number of rotatable bonds is 4. The number of aliphatic hydroxyl groups excluding tert-OH is 1. The van der Waals surface area contributed by atoms with Crippen molar-refractivity contribution in [3.05, 3.63) is 16.0 Å². The van der Waals surface area contributed by atoms with Crippen LogP contribution in [0.25, 0.3) is 0 Å². The van der Waals surface area contributed by atoms with E-state index < -0.39 is 18.1 Å². The van der Waals surface area contributed by atoms with Gasteiger partial charge >= 0.3 is 12.0 Å². The summed E-state index contributed by atoms with van der Waals surface area (Å²) in [6.45, 7) is 5.15. The van der Waals surface area contributed by atoms with E-state index in [-0.39, 0.29) is 12.1 Å². The molecular weight excluding hydrogens is 256 g/mol. The van der Waals surface area contributed by atoms with Crippen LogP contribution in [-0.4, -0.2) is 34.9 Å². The van der Waals surface area contributed by atoms with Crippen LogP contribution in [0.2, 0.25) is 0 Å². The first-order valence-electron chi connectivity index (χ1n) is 5.39. The van der Waals surface area contributed by atoms with Crippen molar-refractivity contribution in [1.29, 1.82) is 0 Å². The number of aromatic carboxylic acids is 1. The Labute approximate surface area is 109 Å². The van der Waals surface area contributed by atoms with Crippen LogP contribution in [0.1, 0.15) is 27.7 Å². The van der Waals surface area contributed by atoms with Gasteiger partial charge in [-0.05, 0) is 26.3 Å². The minimum atomic E-state index is -1.07. The van der Waals surface area contributed by atoms with E-state index in [0.29, 0.717) is 10.6 Å². The number of aliphatic hydroxyl groups is 1. The summed E-state index contributed by atoms with van der Waals surface area (Å²) in [6.07, 6.45) is -0.651. The van der Waals surface area contributed by atoms with Gasteiger partial charge in [0.15, 0.2) is 0 Å². The summed E-state index contributed by atoms with van der Waals surface area (Å²) in [5, 5.41) is 23.3. The molecule has 0 saturated carbocycles. The van der Waals surface area contributed by atoms with Crippen LogP contribution in [0.15, 0.2) is 0 Å². The molecule has 7 heteroatoms. The molecule has 0 bridgehead atoms. The molecule has 1 unspecified atom stereocenters. The standard InChI is InChI=1S/C11H16N2O4S/c1-5(14)4-12-11(17)13-9-8(10(15)16)6(2)7(3)18-9/h5,14H,4H2,1-3H3,(H,15,16)(H2,12,13,17). The molecule has 0 radical (unpaired) electrons. The number of carbonyl (C=O) groups excluding carboxylic acids is 1. The van der Waals surface area contributed by atoms with Gasteiger partial charge in [-0.3, -0.25) is 5.32 Å². The fourth-order valence-electron chi connectivity index (χ4n) is 1.36. The van der Waals surface area contributed by atoms with Gasteiger partial charge in [0.2, 0.25) is 0 Å². The van der Waals surface area contributed by atoms with Gasteiger partial charge in [0, 0.05) is 11.4 Å². The Balaban J connectivity index is 2.81. The minimum Gasteiger partial charge on any atom is -0.478 e. The van der Waals surface area contributed by atoms with Crippen molar-refractivity contribution in [3.63, 3.8) is 0 Å². The summed E-state index contributed by atoms with van der Waals surface area (Å²) in [6, 6.07) is -0.528. The summed E-state index contributed by atoms with van der Waals surface area (Å²) in [5.74, 6) is -1.07. The van der Waals surface area contributed by atoms with Crippen LogP contribution in [0.4, 0.5) is 9.80 Å². The Bertz CT molecular complexity index is 468. The highest BCUT2D eigenvalue weighted by Gasteiger charge is 2.20. The van der Waals surface area contributed by atoms with E-state index in [4.69, 9.17) is 10.2 Å². The lowest BCUT2D eigenvalue weighted by Gasteiger charge is -2.08. The molecule has 100 valence electrons. The zero-order chi connectivity index (χ0) is 13.9. The number of carboxylic acids is 1. The van der Waals surface area contributed by atoms with Gasteiger partial charge in [-0.15, -0.1) is 11.3 Å². The smallest absolute Gasteiger partial charge is 0.338 e. The number of nitrogens with one attached hydrogen (secondary N) is 2. The van der Waals surface area contributed by atoms with Gasteiger partial charge in [-0.2, -0.15) is 0 Å². The fourth-order valence-corrected chi connectivity index (χ4v) is 2.41. The number of anilines is 1. The number of amides is 2. The predicted molar refractivity (Wildman–Crippen MR) is 69.5 cm³/mol. The number of carboxylic acid groups (broad SMARTS) is 1. The Morgan fingerprint density at radius 1 is 1.39 bits per heavy atom. The van der Waals surface area contributed by atoms with Crippen molar-refractivity contribution in [3.8, 4) is 0 Å². The second-order valence-electron chi connectivity index (χ2n) is 3.98. The molecule has 4 N–H and O–H groups in total. The average Bonchev–Trinajstić information content (AvgIpc) is 2.51. The van der Waals surface area contributed by atoms with Gasteiger partial charge in [0.05, 0.1) is 11.7 Å². The van der Waals surface area contributed by atoms with E-state index in [0.717, 1.165) is 4.88 Å². The van der Waals surface area contributed by atoms with E-state index in [1.54, 1.807) is 20.8 Å². The van der Waals surface area contributed by atoms with E-state index >= 15 is 0 Å². The topological polar surface area (TPSA) is 98.7 Å². The number of urea groups is 1. The molecule has 0 saturated heterocycles. The number of carbonyl (C=O) groups is 2. The Morgan fingerprint density at radius 2 is 2.00 bits per heavy atom. The average molecular weight is 272 g/mol. The first-order chi connectivity index (χ1) is 8.32. The highest BCUT2D eigenvalue weighted by atomic mass is 32.1. The zero-order valence-corrected chi connectivity index (χ0v) is 11.2. The monoisotopic (exact) mass is 272 g/mol. The number of aryl methyl sites for hydroxylation is 1. The third-order valence-corrected chi connectivity index (χ3v) is 3.51. The summed E-state index contributed by atoms with van der Waals surface area (Å²) < 4.78 is 0. The summed E-state index contributed by atoms with van der Waals surface area (Å²) >= 11 is 1.22. The van der Waals surface area contributed by atoms with Gasteiger partial charge in [0.1, 0.15) is 5.00 Å². The lowest BCUT2D eigenvalue weighted by atomic mass is 10.1. The molecule has 2 amide bonds. The van der Waals surface area contributed by atoms with Crippen LogP contribution in [-0.2, 0) is 0 Å². The van der Waals surface area contributed by atoms with Crippen LogP contribution in [0.3, 0.4) is 0 Å². The maximum Gasteiger partial charge on any atom is 0.338 e. The normalized spacial score (nSPS) is 12.0. The first kappa shape index (κ1) is 14.5. The van der Waals surface area contributed by atoms with E-state index in [9.17, 15) is 9.59 Å². The van der Waals surface area contributed by atoms with Crippen LogP contribution < -0.4 is 10.6 Å². The van der Waals surface area contributed by atoms with Crippen molar-refractivity contribution < 1.29 is 19.8 Å². The molecule has 0 aliphatic heterocycles. The van der Waals surface area contributed by atoms with Gasteiger partial charge < -0.3 is 15.5 Å². The maximum atomic E-state index is 11.5. The molecule has 0 fully saturated rings. The minimum absolute atomic E-state index is 0.109. The Hall–Kier alpha value is -1.60. The predicted octanol–water partition coefficient (Wildman–Crippen LogP) is 1.57. The highest BCUT2D eigenvalue weighted by Crippen LogP contribution is 2.32. The van der Waals surface area contributed by atoms with Crippen LogP contribution >= 0.6 is 11.3 Å². The molecule has 0 aromatic carbocycles. The van der Waals surface area contributed by atoms with Crippen molar-refractivity contribution in [2.45, 2.75) is 26.9 Å². The van der Waals surface area contributed by atoms with Crippen molar-refractivity contribution in [1.82, 2.24) is 5.32 Å². The Morgan fingerprint density at radius 3 is 2.50 bits per heavy atom. The SMILES string of the molecule is Cc1sc(NC(=O)NCC(C)O)c(C(=O)O)c1C. The zero-order valence-electron chi connectivity index (χ0n) is 10.4. The molecule has 1 rings (SSSR count). The van der Waals surface area contributed by atoms with Gasteiger partial charge in [-0.25, -0.2) is 9.59 Å². The molecular formula is C11H16N2O4S. The lowest BCUT2D eigenvalue weighted by molar-refractivity contribution is 0.0697. The largest absolute Gasteiger partial charge is 0.478 e. The summed E-state index contributed by atoms with van der Waals surface area (Å²) in [4.78, 5) is 23.4. The summed E-state index contributed by atoms with van der Waals surface area (Å²) in [5.41, 5.74) is 0.767. The van der Waals surface area contributed by atoms with E-state index in [1.165, 1.54) is 11.3 Å². The van der Waals surface area contributed by atoms with Crippen molar-refractivity contribution >= 4 is 28.3 Å². The summed E-state index contributed by atoms with van der Waals surface area (Å²) in [7, 11) is 0. The van der Waals surface area contributed by atoms with Crippen LogP contribution in [0.5, 0.6) is 0 Å². The van der Waals surface area contributed by atoms with E-state index in [1.807, 2.05) is 0 Å². The Kier molecular flexibility index (Phi) is 4.69. The van der Waals surface area contributed by atoms with E-state index in [2.05, 4.69) is 10.6 Å². The second kappa shape index (κ2) is 5.83. The third-order valence-electron chi connectivity index (χ3n) is 2.38. The third kappa shape index (κ3) is 3.44. The molecule has 18 heavy (non-hydrogen) atoms. The first-order valence-corrected chi connectivity index (χ1v) is 6.20. The quantitative estimate of drug-likeness (QED) is 0.668. The van der Waals surface area contributed by atoms with Crippen molar-refractivity contribution in [2.24, 2.45) is 0 Å². The fraction of sp³-hybridized carbons (Fsp3) is 0.455. The molecule has 1 heterocycles. The van der Waals surface area contributed by atoms with Crippen molar-refractivity contribution in [2.75, 3.05) is 11.9 Å².